The lowest BCUT2D eigenvalue weighted by atomic mass is 10.00. The predicted octanol–water partition coefficient (Wildman–Crippen LogP) is 3.77. The van der Waals surface area contributed by atoms with Crippen LogP contribution in [0.3, 0.4) is 0 Å². The molecule has 0 fully saturated rings. The first-order valence-corrected chi connectivity index (χ1v) is 8.29. The van der Waals surface area contributed by atoms with Crippen molar-refractivity contribution in [2.24, 2.45) is 0 Å². The SMILES string of the molecule is CCP(=O)(CC)CC(C)(C)N([O-])C(C)(C)C. The number of hydroxylamine groups is 2. The molecule has 98 valence electrons. The lowest BCUT2D eigenvalue weighted by molar-refractivity contribution is 0.0983. The zero-order valence-corrected chi connectivity index (χ0v) is 12.7. The average molecular weight is 248 g/mol. The Labute approximate surface area is 101 Å². The minimum absolute atomic E-state index is 0.435. The van der Waals surface area contributed by atoms with Crippen molar-refractivity contribution in [3.05, 3.63) is 5.21 Å². The molecule has 0 spiro atoms. The van der Waals surface area contributed by atoms with Gasteiger partial charge in [0.15, 0.2) is 0 Å². The normalized spacial score (nSPS) is 14.6. The average Bonchev–Trinajstić information content (AvgIpc) is 2.14. The standard InChI is InChI=1S/C12H27NO2P/c1-8-16(15,9-2)10-12(6,7)13(14)11(3,4)5/h8-10H2,1-7H3/q-1. The van der Waals surface area contributed by atoms with Crippen LogP contribution < -0.4 is 0 Å². The van der Waals surface area contributed by atoms with E-state index in [1.54, 1.807) is 0 Å². The van der Waals surface area contributed by atoms with Gasteiger partial charge in [-0.05, 0) is 46.9 Å². The molecule has 0 bridgehead atoms. The van der Waals surface area contributed by atoms with Gasteiger partial charge in [-0.25, -0.2) is 0 Å². The Bertz CT molecular complexity index is 261. The Kier molecular flexibility index (Phi) is 5.25. The van der Waals surface area contributed by atoms with E-state index < -0.39 is 18.2 Å². The van der Waals surface area contributed by atoms with Gasteiger partial charge in [-0.1, -0.05) is 13.8 Å². The molecule has 3 nitrogen and oxygen atoms in total. The van der Waals surface area contributed by atoms with E-state index in [9.17, 15) is 9.77 Å². The van der Waals surface area contributed by atoms with Crippen molar-refractivity contribution in [3.8, 4) is 0 Å². The highest BCUT2D eigenvalue weighted by Crippen LogP contribution is 2.48. The van der Waals surface area contributed by atoms with Crippen molar-refractivity contribution in [1.29, 1.82) is 0 Å². The monoisotopic (exact) mass is 248 g/mol. The number of rotatable bonds is 5. The Morgan fingerprint density at radius 1 is 1.06 bits per heavy atom. The fraction of sp³-hybridized carbons (Fsp3) is 1.00. The van der Waals surface area contributed by atoms with E-state index in [2.05, 4.69) is 0 Å². The zero-order chi connectivity index (χ0) is 13.2. The summed E-state index contributed by atoms with van der Waals surface area (Å²) in [7, 11) is -2.17. The molecule has 0 unspecified atom stereocenters. The van der Waals surface area contributed by atoms with Gasteiger partial charge in [0.1, 0.15) is 0 Å². The summed E-state index contributed by atoms with van der Waals surface area (Å²) in [5.41, 5.74) is -0.990. The van der Waals surface area contributed by atoms with Crippen molar-refractivity contribution in [2.75, 3.05) is 18.5 Å². The summed E-state index contributed by atoms with van der Waals surface area (Å²) >= 11 is 0. The molecule has 4 heteroatoms. The molecule has 0 aromatic rings. The van der Waals surface area contributed by atoms with Gasteiger partial charge in [-0.2, -0.15) is 0 Å². The van der Waals surface area contributed by atoms with Gasteiger partial charge >= 0.3 is 0 Å². The maximum atomic E-state index is 12.4. The van der Waals surface area contributed by atoms with E-state index in [-0.39, 0.29) is 0 Å². The van der Waals surface area contributed by atoms with Crippen LogP contribution in [0.2, 0.25) is 0 Å². The van der Waals surface area contributed by atoms with Crippen LogP contribution in [-0.2, 0) is 4.57 Å². The summed E-state index contributed by atoms with van der Waals surface area (Å²) < 4.78 is 12.4. The quantitative estimate of drug-likeness (QED) is 0.549. The Hall–Kier alpha value is 0.150. The summed E-state index contributed by atoms with van der Waals surface area (Å²) in [6.45, 7) is 13.4. The van der Waals surface area contributed by atoms with Gasteiger partial charge in [0.05, 0.1) is 7.14 Å². The molecule has 0 N–H and O–H groups in total. The molecule has 0 aromatic heterocycles. The molecule has 0 aromatic carbocycles. The topological polar surface area (TPSA) is 43.4 Å². The Balaban J connectivity index is 4.88. The number of nitrogens with zero attached hydrogens (tertiary/aromatic N) is 1. The van der Waals surface area contributed by atoms with Crippen molar-refractivity contribution in [1.82, 2.24) is 5.06 Å². The van der Waals surface area contributed by atoms with Gasteiger partial charge in [-0.15, -0.1) is 0 Å². The third-order valence-corrected chi connectivity index (χ3v) is 6.64. The summed E-state index contributed by atoms with van der Waals surface area (Å²) in [6.07, 6.45) is 1.88. The Morgan fingerprint density at radius 2 is 1.44 bits per heavy atom. The zero-order valence-electron chi connectivity index (χ0n) is 11.8. The van der Waals surface area contributed by atoms with Crippen molar-refractivity contribution >= 4 is 7.14 Å². The van der Waals surface area contributed by atoms with E-state index in [4.69, 9.17) is 0 Å². The maximum absolute atomic E-state index is 12.4. The molecular weight excluding hydrogens is 221 g/mol. The summed E-state index contributed by atoms with van der Waals surface area (Å²) in [5.74, 6) is 0. The highest BCUT2D eigenvalue weighted by atomic mass is 31.2. The van der Waals surface area contributed by atoms with Crippen LogP contribution >= 0.6 is 7.14 Å². The minimum Gasteiger partial charge on any atom is -0.784 e. The van der Waals surface area contributed by atoms with E-state index in [0.717, 1.165) is 5.06 Å². The molecule has 0 radical (unpaired) electrons. The van der Waals surface area contributed by atoms with Crippen LogP contribution in [0.1, 0.15) is 48.5 Å². The molecule has 0 amide bonds. The van der Waals surface area contributed by atoms with Gasteiger partial charge in [0.25, 0.3) is 0 Å². The molecule has 0 heterocycles. The molecule has 0 aliphatic rings. The van der Waals surface area contributed by atoms with E-state index in [1.807, 2.05) is 48.5 Å². The molecular formula is C12H27NO2P-. The second-order valence-electron chi connectivity index (χ2n) is 6.13. The molecule has 0 aliphatic carbocycles. The summed E-state index contributed by atoms with van der Waals surface area (Å²) in [6, 6.07) is 0. The third kappa shape index (κ3) is 4.20. The fourth-order valence-electron chi connectivity index (χ4n) is 2.12. The van der Waals surface area contributed by atoms with Gasteiger partial charge in [0, 0.05) is 17.2 Å². The highest BCUT2D eigenvalue weighted by Gasteiger charge is 2.33. The molecule has 0 rings (SSSR count). The van der Waals surface area contributed by atoms with Crippen LogP contribution in [-0.4, -0.2) is 34.6 Å². The first-order valence-electron chi connectivity index (χ1n) is 6.03. The highest BCUT2D eigenvalue weighted by molar-refractivity contribution is 7.63. The largest absolute Gasteiger partial charge is 0.784 e. The first-order chi connectivity index (χ1) is 6.98. The molecule has 16 heavy (non-hydrogen) atoms. The van der Waals surface area contributed by atoms with Gasteiger partial charge in [-0.3, -0.25) is 0 Å². The fourth-order valence-corrected chi connectivity index (χ4v) is 4.56. The van der Waals surface area contributed by atoms with Crippen molar-refractivity contribution in [2.45, 2.75) is 59.5 Å². The summed E-state index contributed by atoms with van der Waals surface area (Å²) in [4.78, 5) is 0. The lowest BCUT2D eigenvalue weighted by Gasteiger charge is -2.53. The van der Waals surface area contributed by atoms with Gasteiger partial charge < -0.3 is 14.8 Å². The second-order valence-corrected chi connectivity index (χ2v) is 9.82. The van der Waals surface area contributed by atoms with Crippen molar-refractivity contribution in [3.63, 3.8) is 0 Å². The van der Waals surface area contributed by atoms with Crippen LogP contribution in [0.25, 0.3) is 0 Å². The maximum Gasteiger partial charge on any atom is 0.0889 e. The molecule has 0 atom stereocenters. The van der Waals surface area contributed by atoms with Crippen LogP contribution in [0.15, 0.2) is 0 Å². The summed E-state index contributed by atoms with van der Waals surface area (Å²) in [5, 5.41) is 13.3. The number of hydrogen-bond acceptors (Lipinski definition) is 3. The second kappa shape index (κ2) is 5.20. The smallest absolute Gasteiger partial charge is 0.0889 e. The van der Waals surface area contributed by atoms with E-state index >= 15 is 0 Å². The van der Waals surface area contributed by atoms with E-state index in [0.29, 0.717) is 18.5 Å². The van der Waals surface area contributed by atoms with E-state index in [1.165, 1.54) is 0 Å². The van der Waals surface area contributed by atoms with Gasteiger partial charge in [0.2, 0.25) is 0 Å². The minimum atomic E-state index is -2.17. The third-order valence-electron chi connectivity index (χ3n) is 2.99. The molecule has 0 aliphatic heterocycles. The number of hydrogen-bond donors (Lipinski definition) is 0. The van der Waals surface area contributed by atoms with Crippen LogP contribution in [0, 0.1) is 5.21 Å². The predicted molar refractivity (Wildman–Crippen MR) is 72.6 cm³/mol. The Morgan fingerprint density at radius 3 is 1.69 bits per heavy atom. The van der Waals surface area contributed by atoms with Crippen LogP contribution in [0.5, 0.6) is 0 Å². The van der Waals surface area contributed by atoms with Crippen molar-refractivity contribution < 1.29 is 4.57 Å². The van der Waals surface area contributed by atoms with Crippen LogP contribution in [0.4, 0.5) is 0 Å². The lowest BCUT2D eigenvalue weighted by Crippen LogP contribution is -2.52. The molecule has 0 saturated carbocycles. The first kappa shape index (κ1) is 16.1. The molecule has 0 saturated heterocycles.